The summed E-state index contributed by atoms with van der Waals surface area (Å²) in [6.45, 7) is 0.815. The first-order chi connectivity index (χ1) is 18.7. The SMILES string of the molecule is COC1=C[C@@H]2C3=C([C@@H]2C1=O)[C@@H](NC(C)=O)CCc1cc(OC)c(O[C@@H]2O[C@H](CO)[C@@H](O)[C@H](O)[C@H]2O)c(OC)c13. The molecule has 5 N–H and O–H groups in total. The van der Waals surface area contributed by atoms with Crippen LogP contribution >= 0.6 is 0 Å². The minimum atomic E-state index is -1.65. The third-order valence-electron chi connectivity index (χ3n) is 7.93. The summed E-state index contributed by atoms with van der Waals surface area (Å²) < 4.78 is 28.4. The maximum absolute atomic E-state index is 13.1. The van der Waals surface area contributed by atoms with E-state index < -0.39 is 43.2 Å². The molecule has 0 saturated carbocycles. The van der Waals surface area contributed by atoms with Gasteiger partial charge in [-0.1, -0.05) is 0 Å². The molecule has 1 fully saturated rings. The maximum Gasteiger partial charge on any atom is 0.229 e. The van der Waals surface area contributed by atoms with Gasteiger partial charge in [0.05, 0.1) is 39.9 Å². The number of allylic oxidation sites excluding steroid dienone is 3. The monoisotopic (exact) mass is 547 g/mol. The first-order valence-corrected chi connectivity index (χ1v) is 12.7. The van der Waals surface area contributed by atoms with Crippen LogP contribution < -0.4 is 19.5 Å². The zero-order valence-corrected chi connectivity index (χ0v) is 22.0. The third-order valence-corrected chi connectivity index (χ3v) is 7.93. The van der Waals surface area contributed by atoms with Crippen LogP contribution in [-0.2, 0) is 25.5 Å². The van der Waals surface area contributed by atoms with Crippen LogP contribution in [0.25, 0.3) is 5.57 Å². The summed E-state index contributed by atoms with van der Waals surface area (Å²) in [4.78, 5) is 25.2. The van der Waals surface area contributed by atoms with Gasteiger partial charge in [0, 0.05) is 18.4 Å². The smallest absolute Gasteiger partial charge is 0.229 e. The van der Waals surface area contributed by atoms with Crippen LogP contribution in [0.2, 0.25) is 0 Å². The van der Waals surface area contributed by atoms with Gasteiger partial charge in [0.1, 0.15) is 24.4 Å². The number of hydrogen-bond donors (Lipinski definition) is 5. The largest absolute Gasteiger partial charge is 0.493 e. The molecular formula is C27H33NO11. The minimum absolute atomic E-state index is 0.0663. The van der Waals surface area contributed by atoms with Gasteiger partial charge in [-0.05, 0) is 41.7 Å². The number of carbonyl (C=O) groups excluding carboxylic acids is 2. The topological polar surface area (TPSA) is 173 Å². The van der Waals surface area contributed by atoms with E-state index in [9.17, 15) is 30.0 Å². The number of Topliss-reactive ketones (excluding diaryl/α,β-unsaturated/α-hetero) is 1. The molecule has 1 aromatic carbocycles. The molecule has 1 heterocycles. The Morgan fingerprint density at radius 3 is 2.44 bits per heavy atom. The van der Waals surface area contributed by atoms with Crippen LogP contribution in [-0.4, -0.2) is 96.8 Å². The van der Waals surface area contributed by atoms with Crippen molar-refractivity contribution in [1.82, 2.24) is 5.32 Å². The van der Waals surface area contributed by atoms with Crippen LogP contribution in [0.15, 0.2) is 23.5 Å². The highest BCUT2D eigenvalue weighted by Gasteiger charge is 2.54. The lowest BCUT2D eigenvalue weighted by atomic mass is 9.64. The highest BCUT2D eigenvalue weighted by atomic mass is 16.7. The number of rotatable bonds is 7. The molecule has 1 aromatic rings. The zero-order chi connectivity index (χ0) is 28.2. The normalized spacial score (nSPS) is 33.1. The second kappa shape index (κ2) is 10.4. The molecule has 0 bridgehead atoms. The quantitative estimate of drug-likeness (QED) is 0.296. The number of amides is 1. The predicted molar refractivity (Wildman–Crippen MR) is 134 cm³/mol. The van der Waals surface area contributed by atoms with Crippen molar-refractivity contribution in [3.63, 3.8) is 0 Å². The van der Waals surface area contributed by atoms with E-state index >= 15 is 0 Å². The molecule has 0 radical (unpaired) electrons. The molecule has 0 unspecified atom stereocenters. The molecule has 39 heavy (non-hydrogen) atoms. The second-order valence-corrected chi connectivity index (χ2v) is 10.1. The molecule has 5 rings (SSSR count). The van der Waals surface area contributed by atoms with Crippen LogP contribution in [0.1, 0.15) is 24.5 Å². The summed E-state index contributed by atoms with van der Waals surface area (Å²) in [6.07, 6.45) is -4.66. The van der Waals surface area contributed by atoms with E-state index in [1.54, 1.807) is 12.1 Å². The average Bonchev–Trinajstić information content (AvgIpc) is 3.10. The predicted octanol–water partition coefficient (Wildman–Crippen LogP) is -0.554. The Balaban J connectivity index is 1.65. The molecule has 1 aliphatic heterocycles. The van der Waals surface area contributed by atoms with Crippen molar-refractivity contribution in [3.05, 3.63) is 34.6 Å². The lowest BCUT2D eigenvalue weighted by Crippen LogP contribution is -2.60. The number of nitrogens with one attached hydrogen (secondary N) is 1. The van der Waals surface area contributed by atoms with E-state index in [4.69, 9.17) is 23.7 Å². The van der Waals surface area contributed by atoms with Gasteiger partial charge in [0.25, 0.3) is 0 Å². The fourth-order valence-electron chi connectivity index (χ4n) is 6.14. The van der Waals surface area contributed by atoms with Gasteiger partial charge in [-0.25, -0.2) is 0 Å². The number of aliphatic hydroxyl groups is 4. The van der Waals surface area contributed by atoms with E-state index in [1.165, 1.54) is 28.3 Å². The van der Waals surface area contributed by atoms with Crippen molar-refractivity contribution in [2.24, 2.45) is 11.8 Å². The number of ether oxygens (including phenoxy) is 5. The highest BCUT2D eigenvalue weighted by Crippen LogP contribution is 2.60. The number of aliphatic hydroxyl groups excluding tert-OH is 4. The van der Waals surface area contributed by atoms with Crippen molar-refractivity contribution in [2.45, 2.75) is 56.5 Å². The van der Waals surface area contributed by atoms with Crippen molar-refractivity contribution in [3.8, 4) is 17.2 Å². The van der Waals surface area contributed by atoms with Crippen LogP contribution in [0.5, 0.6) is 17.2 Å². The Labute approximate surface area is 224 Å². The fourth-order valence-corrected chi connectivity index (χ4v) is 6.14. The molecule has 1 saturated heterocycles. The minimum Gasteiger partial charge on any atom is -0.493 e. The molecule has 212 valence electrons. The van der Waals surface area contributed by atoms with E-state index in [1.807, 2.05) is 0 Å². The van der Waals surface area contributed by atoms with Gasteiger partial charge >= 0.3 is 0 Å². The number of fused-ring (bicyclic) bond motifs is 5. The van der Waals surface area contributed by atoms with Gasteiger partial charge in [0.15, 0.2) is 17.3 Å². The Hall–Kier alpha value is -3.16. The molecular weight excluding hydrogens is 514 g/mol. The number of benzene rings is 1. The molecule has 4 aliphatic rings. The first kappa shape index (κ1) is 27.4. The Morgan fingerprint density at radius 1 is 1.08 bits per heavy atom. The van der Waals surface area contributed by atoms with Gasteiger partial charge in [-0.3, -0.25) is 9.59 Å². The number of aryl methyl sites for hydroxylation is 1. The molecule has 1 amide bonds. The summed E-state index contributed by atoms with van der Waals surface area (Å²) in [5.74, 6) is -0.315. The molecule has 8 atom stereocenters. The Bertz CT molecular complexity index is 1240. The number of methoxy groups -OCH3 is 3. The first-order valence-electron chi connectivity index (χ1n) is 12.7. The Morgan fingerprint density at radius 2 is 1.82 bits per heavy atom. The highest BCUT2D eigenvalue weighted by molar-refractivity contribution is 6.08. The van der Waals surface area contributed by atoms with Crippen LogP contribution in [0.4, 0.5) is 0 Å². The van der Waals surface area contributed by atoms with Gasteiger partial charge in [-0.15, -0.1) is 0 Å². The molecule has 12 nitrogen and oxygen atoms in total. The summed E-state index contributed by atoms with van der Waals surface area (Å²) >= 11 is 0. The fraction of sp³-hybridized carbons (Fsp3) is 0.556. The van der Waals surface area contributed by atoms with E-state index in [2.05, 4.69) is 5.32 Å². The van der Waals surface area contributed by atoms with Crippen molar-refractivity contribution >= 4 is 17.3 Å². The zero-order valence-electron chi connectivity index (χ0n) is 22.0. The van der Waals surface area contributed by atoms with Crippen LogP contribution in [0.3, 0.4) is 0 Å². The summed E-state index contributed by atoms with van der Waals surface area (Å²) in [5, 5.41) is 43.6. The lowest BCUT2D eigenvalue weighted by Gasteiger charge is -2.41. The van der Waals surface area contributed by atoms with Gasteiger partial charge < -0.3 is 49.4 Å². The van der Waals surface area contributed by atoms with Crippen molar-refractivity contribution < 1.29 is 53.7 Å². The second-order valence-electron chi connectivity index (χ2n) is 10.1. The molecule has 0 spiro atoms. The van der Waals surface area contributed by atoms with E-state index in [-0.39, 0.29) is 46.7 Å². The summed E-state index contributed by atoms with van der Waals surface area (Å²) in [7, 11) is 4.32. The van der Waals surface area contributed by atoms with E-state index in [0.717, 1.165) is 16.7 Å². The van der Waals surface area contributed by atoms with Gasteiger partial charge in [0.2, 0.25) is 23.7 Å². The maximum atomic E-state index is 13.1. The lowest BCUT2D eigenvalue weighted by molar-refractivity contribution is -0.277. The van der Waals surface area contributed by atoms with Crippen LogP contribution in [0, 0.1) is 11.8 Å². The van der Waals surface area contributed by atoms with Crippen molar-refractivity contribution in [2.75, 3.05) is 27.9 Å². The summed E-state index contributed by atoms with van der Waals surface area (Å²) in [6, 6.07) is 1.38. The average molecular weight is 548 g/mol. The molecule has 3 aliphatic carbocycles. The summed E-state index contributed by atoms with van der Waals surface area (Å²) in [5.41, 5.74) is 3.10. The van der Waals surface area contributed by atoms with Gasteiger partial charge in [-0.2, -0.15) is 0 Å². The molecule has 0 aromatic heterocycles. The number of carbonyl (C=O) groups is 2. The van der Waals surface area contributed by atoms with E-state index in [0.29, 0.717) is 18.4 Å². The number of hydrogen-bond acceptors (Lipinski definition) is 11. The standard InChI is InChI=1S/C27H33NO11/c1-10(30)28-13-6-5-11-7-15(36-3)25(39-27-24(34)23(33)22(32)16(9-29)38-27)26(37-4)17(11)18-12-8-14(35-2)21(31)19(12)20(13)18/h7-8,12-13,16,19,22-24,27,29,32-34H,5-6,9H2,1-4H3,(H,28,30)/t12-,13+,16-,19-,22-,23+,24-,27+/m1/s1. The Kier molecular flexibility index (Phi) is 7.33. The number of ketones is 1. The molecule has 12 heteroatoms. The third kappa shape index (κ3) is 4.27. The van der Waals surface area contributed by atoms with Crippen molar-refractivity contribution in [1.29, 1.82) is 0 Å².